The Kier molecular flexibility index (Phi) is 32.9. The summed E-state index contributed by atoms with van der Waals surface area (Å²) in [6.45, 7) is 5.70. The van der Waals surface area contributed by atoms with Crippen LogP contribution < -0.4 is 38.9 Å². The molecule has 30 heteroatoms. The number of hydrogen-bond donors (Lipinski definition) is 13. The third-order valence-corrected chi connectivity index (χ3v) is 11.6. The molecule has 0 spiro atoms. The minimum atomic E-state index is -1.73. The fraction of sp³-hybridized carbons (Fsp3) is 0.745. The molecule has 0 radical (unpaired) electrons. The summed E-state index contributed by atoms with van der Waals surface area (Å²) in [5.41, 5.74) is 22.2. The van der Waals surface area contributed by atoms with E-state index in [9.17, 15) is 59.4 Å². The first-order valence-electron chi connectivity index (χ1n) is 25.4. The first kappa shape index (κ1) is 67.2. The lowest BCUT2D eigenvalue weighted by Crippen LogP contribution is -2.60. The molecule has 0 fully saturated rings. The lowest BCUT2D eigenvalue weighted by atomic mass is 9.87. The normalized spacial score (nSPS) is 20.6. The molecule has 2 rings (SSSR count). The van der Waals surface area contributed by atoms with E-state index in [0.29, 0.717) is 58.7 Å². The van der Waals surface area contributed by atoms with Gasteiger partial charge in [0.25, 0.3) is 0 Å². The molecule has 0 aromatic carbocycles. The molecule has 0 bridgehead atoms. The maximum Gasteiger partial charge on any atom is 0.370 e. The van der Waals surface area contributed by atoms with E-state index in [2.05, 4.69) is 25.9 Å². The summed E-state index contributed by atoms with van der Waals surface area (Å²) in [7, 11) is 0. The number of aliphatic carboxylic acids is 2. The number of nitrogens with two attached hydrogens (primary N) is 4. The molecular weight excluding hydrogens is 1020 g/mol. The minimum absolute atomic E-state index is 0.0501. The monoisotopic (exact) mass is 1110 g/mol. The van der Waals surface area contributed by atoms with Crippen molar-refractivity contribution in [3.05, 3.63) is 23.7 Å². The summed E-state index contributed by atoms with van der Waals surface area (Å²) < 4.78 is 44.5. The smallest absolute Gasteiger partial charge is 0.370 e. The number of ether oxygens (including phenoxy) is 8. The number of carbonyl (C=O) groups is 6. The molecule has 0 saturated heterocycles. The number of rotatable bonds is 41. The van der Waals surface area contributed by atoms with Crippen molar-refractivity contribution in [2.75, 3.05) is 105 Å². The maximum absolute atomic E-state index is 13.5. The molecule has 30 nitrogen and oxygen atoms in total. The Bertz CT molecular complexity index is 1940. The van der Waals surface area contributed by atoms with Crippen LogP contribution in [0.25, 0.3) is 0 Å². The van der Waals surface area contributed by atoms with E-state index in [-0.39, 0.29) is 64.3 Å². The highest BCUT2D eigenvalue weighted by Crippen LogP contribution is 2.31. The molecule has 2 heterocycles. The van der Waals surface area contributed by atoms with Gasteiger partial charge >= 0.3 is 11.9 Å². The molecule has 0 aromatic heterocycles. The van der Waals surface area contributed by atoms with Crippen molar-refractivity contribution >= 4 is 47.5 Å². The molecule has 2 aliphatic rings. The molecule has 0 saturated carbocycles. The van der Waals surface area contributed by atoms with Crippen molar-refractivity contribution in [3.8, 4) is 0 Å². The van der Waals surface area contributed by atoms with Crippen LogP contribution in [0.4, 0.5) is 0 Å². The Labute approximate surface area is 446 Å². The molecule has 0 unspecified atom stereocenters. The van der Waals surface area contributed by atoms with Gasteiger partial charge in [-0.15, -0.1) is 0 Å². The van der Waals surface area contributed by atoms with Gasteiger partial charge in [0.2, 0.25) is 35.1 Å². The van der Waals surface area contributed by atoms with Gasteiger partial charge in [-0.3, -0.25) is 19.2 Å². The highest BCUT2D eigenvalue weighted by molar-refractivity contribution is 5.86. The van der Waals surface area contributed by atoms with Crippen LogP contribution >= 0.6 is 0 Å². The highest BCUT2D eigenvalue weighted by atomic mass is 16.6. The lowest BCUT2D eigenvalue weighted by Gasteiger charge is -2.40. The zero-order valence-electron chi connectivity index (χ0n) is 44.0. The molecule has 4 amide bonds. The number of carboxylic acid groups (broad SMARTS) is 2. The molecule has 0 aliphatic carbocycles. The number of aliphatic imine (C=N–C) groups is 2. The second-order valence-electron chi connectivity index (χ2n) is 17.8. The molecule has 440 valence electrons. The largest absolute Gasteiger partial charge is 0.480 e. The zero-order chi connectivity index (χ0) is 57.3. The average Bonchev–Trinajstić information content (AvgIpc) is 3.37. The van der Waals surface area contributed by atoms with Crippen molar-refractivity contribution in [2.45, 2.75) is 114 Å². The number of hydrogen-bond acceptors (Lipinski definition) is 20. The van der Waals surface area contributed by atoms with E-state index in [4.69, 9.17) is 60.8 Å². The van der Waals surface area contributed by atoms with E-state index in [0.717, 1.165) is 19.4 Å². The van der Waals surface area contributed by atoms with Gasteiger partial charge in [0.15, 0.2) is 18.0 Å². The van der Waals surface area contributed by atoms with Crippen molar-refractivity contribution in [3.63, 3.8) is 0 Å². The number of amides is 4. The third-order valence-electron chi connectivity index (χ3n) is 11.6. The van der Waals surface area contributed by atoms with Crippen LogP contribution in [0.1, 0.15) is 59.3 Å². The number of unbranched alkanes of at least 4 members (excludes halogenated alkanes) is 2. The second kappa shape index (κ2) is 37.8. The Hall–Kier alpha value is -5.96. The first-order valence-corrected chi connectivity index (χ1v) is 25.4. The Morgan fingerprint density at radius 1 is 0.662 bits per heavy atom. The second-order valence-corrected chi connectivity index (χ2v) is 17.8. The Morgan fingerprint density at radius 2 is 1.09 bits per heavy atom. The number of carboxylic acids is 2. The number of aliphatic hydroxyl groups is 4. The summed E-state index contributed by atoms with van der Waals surface area (Å²) in [4.78, 5) is 84.9. The predicted molar refractivity (Wildman–Crippen MR) is 272 cm³/mol. The quantitative estimate of drug-likeness (QED) is 0.0155. The number of carbonyl (C=O) groups excluding carboxylic acids is 4. The van der Waals surface area contributed by atoms with Gasteiger partial charge in [0.05, 0.1) is 84.0 Å². The van der Waals surface area contributed by atoms with E-state index >= 15 is 0 Å². The average molecular weight is 1110 g/mol. The number of nitrogens with zero attached hydrogens (tertiary/aromatic N) is 3. The third kappa shape index (κ3) is 26.3. The Balaban J connectivity index is 1.99. The van der Waals surface area contributed by atoms with Crippen LogP contribution in [-0.4, -0.2) is 243 Å². The van der Waals surface area contributed by atoms with Crippen molar-refractivity contribution in [1.29, 1.82) is 0 Å². The van der Waals surface area contributed by atoms with Crippen molar-refractivity contribution in [1.82, 2.24) is 20.9 Å². The summed E-state index contributed by atoms with van der Waals surface area (Å²) >= 11 is 0. The molecule has 17 N–H and O–H groups in total. The zero-order valence-corrected chi connectivity index (χ0v) is 44.0. The maximum atomic E-state index is 13.5. The molecular formula is C47H82N10O20. The number of aliphatic hydroxyl groups excluding tert-OH is 4. The topological polar surface area (TPSA) is 466 Å². The van der Waals surface area contributed by atoms with Gasteiger partial charge < -0.3 is 112 Å². The summed E-state index contributed by atoms with van der Waals surface area (Å²) in [5.74, 6) is -7.62. The van der Waals surface area contributed by atoms with Crippen LogP contribution in [0.15, 0.2) is 33.7 Å². The number of nitrogens with one attached hydrogen (secondary N) is 3. The van der Waals surface area contributed by atoms with Gasteiger partial charge in [-0.2, -0.15) is 0 Å². The highest BCUT2D eigenvalue weighted by Gasteiger charge is 2.46. The van der Waals surface area contributed by atoms with Gasteiger partial charge in [0.1, 0.15) is 43.7 Å². The predicted octanol–water partition coefficient (Wildman–Crippen LogP) is -4.89. The molecule has 0 aromatic rings. The van der Waals surface area contributed by atoms with Crippen LogP contribution in [0.3, 0.4) is 0 Å². The lowest BCUT2D eigenvalue weighted by molar-refractivity contribution is -0.160. The van der Waals surface area contributed by atoms with Crippen LogP contribution in [0, 0.1) is 5.92 Å². The SMILES string of the molecule is CCCOCCOCCOCCOCCC(=O)N(CCCCNC(=O)CO[C@@H]([C@@H]1OC(C(=O)O)=C[C@H](N=C(N)N)[C@H]1C)[C@H](O)CO)CCCCNC(=O)CO[C@@H]([C@@H]1OC(C(=O)O)=C[C@H](N=C(N)N)[C@H]1NC(C)=O)[C@H](O)CO. The van der Waals surface area contributed by atoms with Crippen LogP contribution in [0.5, 0.6) is 0 Å². The van der Waals surface area contributed by atoms with Crippen LogP contribution in [0.2, 0.25) is 0 Å². The van der Waals surface area contributed by atoms with E-state index in [1.165, 1.54) is 6.08 Å². The fourth-order valence-corrected chi connectivity index (χ4v) is 7.81. The van der Waals surface area contributed by atoms with Gasteiger partial charge in [-0.05, 0) is 44.3 Å². The van der Waals surface area contributed by atoms with Crippen molar-refractivity contribution < 1.29 is 97.3 Å². The standard InChI is InChI=1S/C47H82N10O20/c1-4-14-70-16-18-72-20-21-73-19-17-71-15-9-38(65)57(12-7-5-10-52-36(63)26-74-41(32(61)24-58)40-28(2)30(55-46(48)49)22-34(76-40)44(66)67)13-8-6-11-53-37(64)27-75-42(33(62)25-59)43-39(54-29(3)60)31(56-47(50)51)23-35(77-43)45(68)69/h22-23,28,30-33,39-43,58-59,61-62H,4-21,24-27H2,1-3H3,(H,52,63)(H,53,64)(H,54,60)(H,66,67)(H,68,69)(H4,48,49,55)(H4,50,51,56)/t28-,30+,31+,32-,33-,39-,40-,41-,42-,43-/m1/s1. The summed E-state index contributed by atoms with van der Waals surface area (Å²) in [6.07, 6.45) is -4.04. The van der Waals surface area contributed by atoms with E-state index in [1.807, 2.05) is 6.92 Å². The number of guanidine groups is 2. The molecule has 77 heavy (non-hydrogen) atoms. The molecule has 10 atom stereocenters. The summed E-state index contributed by atoms with van der Waals surface area (Å²) in [5, 5.41) is 68.2. The van der Waals surface area contributed by atoms with Crippen molar-refractivity contribution in [2.24, 2.45) is 38.8 Å². The first-order chi connectivity index (χ1) is 36.7. The van der Waals surface area contributed by atoms with E-state index < -0.39 is 134 Å². The molecule has 2 aliphatic heterocycles. The van der Waals surface area contributed by atoms with Crippen LogP contribution in [-0.2, 0) is 66.7 Å². The van der Waals surface area contributed by atoms with Gasteiger partial charge in [-0.25, -0.2) is 19.6 Å². The summed E-state index contributed by atoms with van der Waals surface area (Å²) in [6, 6.07) is -3.29. The fourth-order valence-electron chi connectivity index (χ4n) is 7.81. The van der Waals surface area contributed by atoms with Gasteiger partial charge in [-0.1, -0.05) is 13.8 Å². The Morgan fingerprint density at radius 3 is 1.53 bits per heavy atom. The van der Waals surface area contributed by atoms with Gasteiger partial charge in [0, 0.05) is 45.6 Å². The van der Waals surface area contributed by atoms with E-state index in [1.54, 1.807) is 11.8 Å². The minimum Gasteiger partial charge on any atom is -0.480 e.